The third-order valence-corrected chi connectivity index (χ3v) is 3.19. The predicted molar refractivity (Wildman–Crippen MR) is 67.0 cm³/mol. The number of anilines is 1. The van der Waals surface area contributed by atoms with Crippen LogP contribution in [0.5, 0.6) is 5.75 Å². The molecule has 0 aliphatic carbocycles. The van der Waals surface area contributed by atoms with Gasteiger partial charge in [0, 0.05) is 16.6 Å². The van der Waals surface area contributed by atoms with Crippen molar-refractivity contribution in [1.29, 1.82) is 0 Å². The molecule has 0 spiro atoms. The maximum Gasteiger partial charge on any atom is 0.123 e. The molecule has 2 heteroatoms. The summed E-state index contributed by atoms with van der Waals surface area (Å²) in [6, 6.07) is 9.87. The van der Waals surface area contributed by atoms with Gasteiger partial charge in [0.2, 0.25) is 0 Å². The smallest absolute Gasteiger partial charge is 0.123 e. The van der Waals surface area contributed by atoms with Crippen molar-refractivity contribution < 1.29 is 5.11 Å². The van der Waals surface area contributed by atoms with E-state index in [2.05, 4.69) is 31.3 Å². The van der Waals surface area contributed by atoms with Gasteiger partial charge >= 0.3 is 0 Å². The van der Waals surface area contributed by atoms with E-state index in [1.807, 2.05) is 12.1 Å². The third kappa shape index (κ3) is 1.33. The van der Waals surface area contributed by atoms with Crippen molar-refractivity contribution in [1.82, 2.24) is 0 Å². The molecule has 0 bridgehead atoms. The minimum Gasteiger partial charge on any atom is -0.507 e. The molecule has 0 saturated heterocycles. The maximum absolute atomic E-state index is 9.81. The SMILES string of the molecule is CC1(C)Cc2cc3c(O)cccc3cc2N1. The van der Waals surface area contributed by atoms with Crippen LogP contribution in [-0.4, -0.2) is 10.6 Å². The molecule has 0 saturated carbocycles. The van der Waals surface area contributed by atoms with E-state index in [1.54, 1.807) is 6.07 Å². The van der Waals surface area contributed by atoms with Gasteiger partial charge in [0.15, 0.2) is 0 Å². The summed E-state index contributed by atoms with van der Waals surface area (Å²) in [6.45, 7) is 4.38. The zero-order chi connectivity index (χ0) is 11.3. The van der Waals surface area contributed by atoms with Gasteiger partial charge in [-0.15, -0.1) is 0 Å². The van der Waals surface area contributed by atoms with Gasteiger partial charge in [0.1, 0.15) is 5.75 Å². The van der Waals surface area contributed by atoms with Crippen LogP contribution in [0.25, 0.3) is 10.8 Å². The van der Waals surface area contributed by atoms with Crippen LogP contribution in [0.4, 0.5) is 5.69 Å². The lowest BCUT2D eigenvalue weighted by Crippen LogP contribution is -2.26. The molecule has 2 nitrogen and oxygen atoms in total. The van der Waals surface area contributed by atoms with Gasteiger partial charge in [-0.25, -0.2) is 0 Å². The fraction of sp³-hybridized carbons (Fsp3) is 0.286. The summed E-state index contributed by atoms with van der Waals surface area (Å²) in [5.41, 5.74) is 2.61. The Hall–Kier alpha value is -1.70. The van der Waals surface area contributed by atoms with E-state index >= 15 is 0 Å². The highest BCUT2D eigenvalue weighted by molar-refractivity contribution is 5.92. The fourth-order valence-electron chi connectivity index (χ4n) is 2.50. The van der Waals surface area contributed by atoms with E-state index in [-0.39, 0.29) is 5.54 Å². The predicted octanol–water partition coefficient (Wildman–Crippen LogP) is 3.29. The van der Waals surface area contributed by atoms with Crippen LogP contribution >= 0.6 is 0 Å². The first kappa shape index (κ1) is 9.52. The molecule has 2 aromatic carbocycles. The number of benzene rings is 2. The van der Waals surface area contributed by atoms with Gasteiger partial charge in [-0.3, -0.25) is 0 Å². The molecule has 3 rings (SSSR count). The number of nitrogens with one attached hydrogen (secondary N) is 1. The van der Waals surface area contributed by atoms with E-state index in [0.29, 0.717) is 5.75 Å². The van der Waals surface area contributed by atoms with Crippen LogP contribution in [0.2, 0.25) is 0 Å². The van der Waals surface area contributed by atoms with Gasteiger partial charge in [-0.05, 0) is 49.4 Å². The van der Waals surface area contributed by atoms with Crippen molar-refractivity contribution in [3.8, 4) is 5.75 Å². The number of fused-ring (bicyclic) bond motifs is 2. The Bertz CT molecular complexity index is 572. The third-order valence-electron chi connectivity index (χ3n) is 3.19. The van der Waals surface area contributed by atoms with Gasteiger partial charge < -0.3 is 10.4 Å². The van der Waals surface area contributed by atoms with E-state index in [9.17, 15) is 5.11 Å². The molecule has 82 valence electrons. The molecular weight excluding hydrogens is 198 g/mol. The molecule has 0 fully saturated rings. The summed E-state index contributed by atoms with van der Waals surface area (Å²) in [5.74, 6) is 0.366. The van der Waals surface area contributed by atoms with Crippen LogP contribution < -0.4 is 5.32 Å². The number of hydrogen-bond acceptors (Lipinski definition) is 2. The van der Waals surface area contributed by atoms with E-state index < -0.39 is 0 Å². The lowest BCUT2D eigenvalue weighted by atomic mass is 9.98. The normalized spacial score (nSPS) is 17.1. The van der Waals surface area contributed by atoms with Gasteiger partial charge in [0.05, 0.1) is 0 Å². The summed E-state index contributed by atoms with van der Waals surface area (Å²) in [4.78, 5) is 0. The molecule has 1 heterocycles. The van der Waals surface area contributed by atoms with Crippen molar-refractivity contribution in [2.24, 2.45) is 0 Å². The molecule has 0 aromatic heterocycles. The number of aromatic hydroxyl groups is 1. The summed E-state index contributed by atoms with van der Waals surface area (Å²) in [5, 5.41) is 15.3. The first-order valence-electron chi connectivity index (χ1n) is 5.58. The molecule has 0 unspecified atom stereocenters. The lowest BCUT2D eigenvalue weighted by Gasteiger charge is -2.17. The minimum absolute atomic E-state index is 0.120. The second-order valence-electron chi connectivity index (χ2n) is 5.19. The first-order chi connectivity index (χ1) is 7.55. The second-order valence-corrected chi connectivity index (χ2v) is 5.19. The highest BCUT2D eigenvalue weighted by atomic mass is 16.3. The molecule has 0 atom stereocenters. The van der Waals surface area contributed by atoms with Gasteiger partial charge in [-0.2, -0.15) is 0 Å². The highest BCUT2D eigenvalue weighted by Crippen LogP contribution is 2.37. The van der Waals surface area contributed by atoms with E-state index in [1.165, 1.54) is 11.3 Å². The Labute approximate surface area is 94.9 Å². The Kier molecular flexibility index (Phi) is 1.73. The van der Waals surface area contributed by atoms with E-state index in [0.717, 1.165) is 17.2 Å². The Morgan fingerprint density at radius 3 is 2.88 bits per heavy atom. The summed E-state index contributed by atoms with van der Waals surface area (Å²) >= 11 is 0. The topological polar surface area (TPSA) is 32.3 Å². The molecular formula is C14H15NO. The average molecular weight is 213 g/mol. The quantitative estimate of drug-likeness (QED) is 0.703. The monoisotopic (exact) mass is 213 g/mol. The number of phenolic OH excluding ortho intramolecular Hbond substituents is 1. The Morgan fingerprint density at radius 2 is 2.06 bits per heavy atom. The van der Waals surface area contributed by atoms with Gasteiger partial charge in [0.25, 0.3) is 0 Å². The van der Waals surface area contributed by atoms with Crippen LogP contribution in [-0.2, 0) is 6.42 Å². The van der Waals surface area contributed by atoms with Crippen molar-refractivity contribution in [3.63, 3.8) is 0 Å². The van der Waals surface area contributed by atoms with Crippen molar-refractivity contribution in [2.75, 3.05) is 5.32 Å². The molecule has 0 amide bonds. The second kappa shape index (κ2) is 2.91. The fourth-order valence-corrected chi connectivity index (χ4v) is 2.50. The largest absolute Gasteiger partial charge is 0.507 e. The summed E-state index contributed by atoms with van der Waals surface area (Å²) in [7, 11) is 0. The van der Waals surface area contributed by atoms with Gasteiger partial charge in [-0.1, -0.05) is 12.1 Å². The zero-order valence-corrected chi connectivity index (χ0v) is 9.54. The Morgan fingerprint density at radius 1 is 1.25 bits per heavy atom. The number of hydrogen-bond donors (Lipinski definition) is 2. The maximum atomic E-state index is 9.81. The molecule has 16 heavy (non-hydrogen) atoms. The number of phenols is 1. The van der Waals surface area contributed by atoms with Crippen LogP contribution in [0, 0.1) is 0 Å². The van der Waals surface area contributed by atoms with Crippen LogP contribution in [0.1, 0.15) is 19.4 Å². The van der Waals surface area contributed by atoms with Crippen molar-refractivity contribution in [3.05, 3.63) is 35.9 Å². The van der Waals surface area contributed by atoms with Crippen LogP contribution in [0.15, 0.2) is 30.3 Å². The van der Waals surface area contributed by atoms with Crippen LogP contribution in [0.3, 0.4) is 0 Å². The zero-order valence-electron chi connectivity index (χ0n) is 9.54. The molecule has 0 radical (unpaired) electrons. The van der Waals surface area contributed by atoms with Crippen molar-refractivity contribution >= 4 is 16.5 Å². The standard InChI is InChI=1S/C14H15NO/c1-14(2)8-10-6-11-9(7-12(10)15-14)4-3-5-13(11)16/h3-7,15-16H,8H2,1-2H3. The molecule has 2 N–H and O–H groups in total. The Balaban J connectivity index is 2.26. The molecule has 1 aliphatic rings. The molecule has 2 aromatic rings. The summed E-state index contributed by atoms with van der Waals surface area (Å²) in [6.07, 6.45) is 1.01. The highest BCUT2D eigenvalue weighted by Gasteiger charge is 2.27. The van der Waals surface area contributed by atoms with E-state index in [4.69, 9.17) is 0 Å². The molecule has 1 aliphatic heterocycles. The lowest BCUT2D eigenvalue weighted by molar-refractivity contribution is 0.481. The average Bonchev–Trinajstić information content (AvgIpc) is 2.48. The summed E-state index contributed by atoms with van der Waals surface area (Å²) < 4.78 is 0. The number of rotatable bonds is 0. The first-order valence-corrected chi connectivity index (χ1v) is 5.58. The minimum atomic E-state index is 0.120. The van der Waals surface area contributed by atoms with Crippen molar-refractivity contribution in [2.45, 2.75) is 25.8 Å².